The van der Waals surface area contributed by atoms with Crippen molar-refractivity contribution in [3.05, 3.63) is 22.6 Å². The number of aliphatic hydroxyl groups excluding tert-OH is 1. The lowest BCUT2D eigenvalue weighted by Crippen LogP contribution is -2.33. The van der Waals surface area contributed by atoms with E-state index in [0.29, 0.717) is 6.54 Å². The fourth-order valence-corrected chi connectivity index (χ4v) is 1.41. The quantitative estimate of drug-likeness (QED) is 0.854. The Bertz CT molecular complexity index is 275. The third-order valence-electron chi connectivity index (χ3n) is 2.37. The van der Waals surface area contributed by atoms with Crippen LogP contribution in [0, 0.1) is 5.92 Å². The number of halogens is 1. The van der Waals surface area contributed by atoms with Crippen LogP contribution in [0.5, 0.6) is 0 Å². The number of furan rings is 1. The predicted molar refractivity (Wildman–Crippen MR) is 59.0 cm³/mol. The first-order valence-electron chi connectivity index (χ1n) is 4.72. The molecule has 0 saturated heterocycles. The summed E-state index contributed by atoms with van der Waals surface area (Å²) in [6, 6.07) is 4.08. The molecule has 2 unspecified atom stereocenters. The predicted octanol–water partition coefficient (Wildman–Crippen LogP) is 2.15. The van der Waals surface area contributed by atoms with Crippen molar-refractivity contribution < 1.29 is 9.52 Å². The van der Waals surface area contributed by atoms with Crippen molar-refractivity contribution in [1.82, 2.24) is 5.32 Å². The Morgan fingerprint density at radius 2 is 2.21 bits per heavy atom. The van der Waals surface area contributed by atoms with E-state index in [1.165, 1.54) is 0 Å². The Morgan fingerprint density at radius 1 is 1.50 bits per heavy atom. The molecule has 1 aromatic heterocycles. The molecule has 0 bridgehead atoms. The zero-order chi connectivity index (χ0) is 10.6. The van der Waals surface area contributed by atoms with Crippen molar-refractivity contribution in [2.75, 3.05) is 6.61 Å². The lowest BCUT2D eigenvalue weighted by molar-refractivity contribution is 0.205. The van der Waals surface area contributed by atoms with Gasteiger partial charge in [0.15, 0.2) is 4.67 Å². The van der Waals surface area contributed by atoms with E-state index < -0.39 is 0 Å². The number of rotatable bonds is 5. The van der Waals surface area contributed by atoms with Crippen molar-refractivity contribution in [2.24, 2.45) is 5.92 Å². The van der Waals surface area contributed by atoms with Crippen molar-refractivity contribution in [3.8, 4) is 0 Å². The molecule has 2 atom stereocenters. The minimum absolute atomic E-state index is 0.204. The van der Waals surface area contributed by atoms with Gasteiger partial charge < -0.3 is 14.8 Å². The summed E-state index contributed by atoms with van der Waals surface area (Å²) in [5, 5.41) is 12.2. The van der Waals surface area contributed by atoms with E-state index in [0.717, 1.165) is 10.4 Å². The van der Waals surface area contributed by atoms with Crippen molar-refractivity contribution in [3.63, 3.8) is 0 Å². The molecule has 3 nitrogen and oxygen atoms in total. The van der Waals surface area contributed by atoms with Crippen molar-refractivity contribution in [2.45, 2.75) is 26.4 Å². The monoisotopic (exact) mass is 261 g/mol. The molecule has 1 aromatic rings. The Kier molecular flexibility index (Phi) is 4.65. The van der Waals surface area contributed by atoms with Gasteiger partial charge in [0.1, 0.15) is 5.76 Å². The maximum atomic E-state index is 8.94. The maximum absolute atomic E-state index is 8.94. The van der Waals surface area contributed by atoms with Crippen LogP contribution in [0.1, 0.15) is 19.6 Å². The number of hydrogen-bond acceptors (Lipinski definition) is 3. The number of aliphatic hydroxyl groups is 1. The van der Waals surface area contributed by atoms with Crippen LogP contribution in [0.25, 0.3) is 0 Å². The summed E-state index contributed by atoms with van der Waals surface area (Å²) in [5.41, 5.74) is 0. The van der Waals surface area contributed by atoms with E-state index in [1.54, 1.807) is 0 Å². The van der Waals surface area contributed by atoms with Crippen molar-refractivity contribution >= 4 is 15.9 Å². The molecule has 4 heteroatoms. The highest BCUT2D eigenvalue weighted by atomic mass is 79.9. The second-order valence-electron chi connectivity index (χ2n) is 3.54. The summed E-state index contributed by atoms with van der Waals surface area (Å²) >= 11 is 3.25. The van der Waals surface area contributed by atoms with Crippen LogP contribution in [0.3, 0.4) is 0 Å². The van der Waals surface area contributed by atoms with E-state index in [-0.39, 0.29) is 18.6 Å². The van der Waals surface area contributed by atoms with Crippen LogP contribution < -0.4 is 5.32 Å². The SMILES string of the molecule is CC(CO)C(C)NCc1ccc(Br)o1. The molecule has 0 spiro atoms. The van der Waals surface area contributed by atoms with Crippen LogP contribution in [0.4, 0.5) is 0 Å². The standard InChI is InChI=1S/C10H16BrNO2/c1-7(6-13)8(2)12-5-9-3-4-10(11)14-9/h3-4,7-8,12-13H,5-6H2,1-2H3. The second kappa shape index (κ2) is 5.53. The minimum Gasteiger partial charge on any atom is -0.453 e. The van der Waals surface area contributed by atoms with E-state index in [2.05, 4.69) is 28.2 Å². The lowest BCUT2D eigenvalue weighted by atomic mass is 10.1. The highest BCUT2D eigenvalue weighted by molar-refractivity contribution is 9.10. The zero-order valence-electron chi connectivity index (χ0n) is 8.46. The molecular formula is C10H16BrNO2. The van der Waals surface area contributed by atoms with Crippen LogP contribution in [0.2, 0.25) is 0 Å². The topological polar surface area (TPSA) is 45.4 Å². The first-order valence-corrected chi connectivity index (χ1v) is 5.51. The number of hydrogen-bond donors (Lipinski definition) is 2. The molecule has 80 valence electrons. The fraction of sp³-hybridized carbons (Fsp3) is 0.600. The molecule has 0 aliphatic heterocycles. The van der Waals surface area contributed by atoms with Gasteiger partial charge in [-0.25, -0.2) is 0 Å². The largest absolute Gasteiger partial charge is 0.453 e. The molecule has 0 radical (unpaired) electrons. The average molecular weight is 262 g/mol. The van der Waals surface area contributed by atoms with Gasteiger partial charge in [0.05, 0.1) is 6.54 Å². The first kappa shape index (κ1) is 11.8. The summed E-state index contributed by atoms with van der Waals surface area (Å²) in [5.74, 6) is 1.15. The molecule has 1 rings (SSSR count). The van der Waals surface area contributed by atoms with Gasteiger partial charge in [-0.1, -0.05) is 6.92 Å². The third kappa shape index (κ3) is 3.44. The summed E-state index contributed by atoms with van der Waals surface area (Å²) in [6.45, 7) is 4.96. The Balaban J connectivity index is 2.33. The van der Waals surface area contributed by atoms with Gasteiger partial charge in [-0.3, -0.25) is 0 Å². The smallest absolute Gasteiger partial charge is 0.169 e. The Labute approximate surface area is 92.6 Å². The average Bonchev–Trinajstić information content (AvgIpc) is 2.59. The van der Waals surface area contributed by atoms with Gasteiger partial charge >= 0.3 is 0 Å². The third-order valence-corrected chi connectivity index (χ3v) is 2.79. The van der Waals surface area contributed by atoms with E-state index in [4.69, 9.17) is 9.52 Å². The Morgan fingerprint density at radius 3 is 2.71 bits per heavy atom. The molecule has 0 fully saturated rings. The summed E-state index contributed by atoms with van der Waals surface area (Å²) in [7, 11) is 0. The fourth-order valence-electron chi connectivity index (χ4n) is 1.07. The molecule has 0 amide bonds. The normalized spacial score (nSPS) is 15.4. The molecule has 0 aliphatic rings. The van der Waals surface area contributed by atoms with Crippen LogP contribution >= 0.6 is 15.9 Å². The molecule has 0 aliphatic carbocycles. The van der Waals surface area contributed by atoms with Gasteiger partial charge in [-0.2, -0.15) is 0 Å². The van der Waals surface area contributed by atoms with Crippen LogP contribution in [-0.2, 0) is 6.54 Å². The second-order valence-corrected chi connectivity index (χ2v) is 4.32. The van der Waals surface area contributed by atoms with E-state index in [1.807, 2.05) is 19.1 Å². The minimum atomic E-state index is 0.204. The van der Waals surface area contributed by atoms with Gasteiger partial charge in [0, 0.05) is 12.6 Å². The number of nitrogens with one attached hydrogen (secondary N) is 1. The van der Waals surface area contributed by atoms with Crippen molar-refractivity contribution in [1.29, 1.82) is 0 Å². The maximum Gasteiger partial charge on any atom is 0.169 e. The molecule has 0 aromatic carbocycles. The summed E-state index contributed by atoms with van der Waals surface area (Å²) in [4.78, 5) is 0. The molecule has 2 N–H and O–H groups in total. The molecule has 1 heterocycles. The van der Waals surface area contributed by atoms with Gasteiger partial charge in [0.2, 0.25) is 0 Å². The van der Waals surface area contributed by atoms with E-state index >= 15 is 0 Å². The summed E-state index contributed by atoms with van der Waals surface area (Å²) in [6.07, 6.45) is 0. The zero-order valence-corrected chi connectivity index (χ0v) is 10.0. The Hall–Kier alpha value is -0.320. The highest BCUT2D eigenvalue weighted by Crippen LogP contribution is 2.14. The van der Waals surface area contributed by atoms with Crippen LogP contribution in [-0.4, -0.2) is 17.8 Å². The van der Waals surface area contributed by atoms with Gasteiger partial charge in [0.25, 0.3) is 0 Å². The lowest BCUT2D eigenvalue weighted by Gasteiger charge is -2.18. The molecule has 0 saturated carbocycles. The highest BCUT2D eigenvalue weighted by Gasteiger charge is 2.10. The van der Waals surface area contributed by atoms with Gasteiger partial charge in [-0.15, -0.1) is 0 Å². The first-order chi connectivity index (χ1) is 6.63. The van der Waals surface area contributed by atoms with Crippen LogP contribution in [0.15, 0.2) is 21.2 Å². The van der Waals surface area contributed by atoms with Gasteiger partial charge in [-0.05, 0) is 40.9 Å². The molecule has 14 heavy (non-hydrogen) atoms. The van der Waals surface area contributed by atoms with E-state index in [9.17, 15) is 0 Å². The summed E-state index contributed by atoms with van der Waals surface area (Å²) < 4.78 is 6.09. The molecular weight excluding hydrogens is 246 g/mol.